The van der Waals surface area contributed by atoms with Crippen molar-refractivity contribution in [1.82, 2.24) is 0 Å². The van der Waals surface area contributed by atoms with Crippen LogP contribution in [0.2, 0.25) is 0 Å². The molecule has 0 aliphatic rings. The van der Waals surface area contributed by atoms with Crippen molar-refractivity contribution in [3.63, 3.8) is 0 Å². The Morgan fingerprint density at radius 2 is 1.62 bits per heavy atom. The lowest BCUT2D eigenvalue weighted by atomic mass is 10.2. The molecule has 0 saturated carbocycles. The first kappa shape index (κ1) is 17.6. The first-order valence-corrected chi connectivity index (χ1v) is 8.53. The second kappa shape index (κ2) is 8.80. The summed E-state index contributed by atoms with van der Waals surface area (Å²) in [6, 6.07) is 14.6. The molecular formula is C19H18N2O2S. The summed E-state index contributed by atoms with van der Waals surface area (Å²) in [5.74, 6) is 2.62. The van der Waals surface area contributed by atoms with Crippen molar-refractivity contribution in [1.29, 1.82) is 0 Å². The molecular weight excluding hydrogens is 320 g/mol. The minimum absolute atomic E-state index is 0.133. The molecule has 0 atom stereocenters. The maximum atomic E-state index is 11.9. The summed E-state index contributed by atoms with van der Waals surface area (Å²) in [4.78, 5) is 23.7. The smallest absolute Gasteiger partial charge is 0.234 e. The summed E-state index contributed by atoms with van der Waals surface area (Å²) in [5, 5.41) is 5.55. The summed E-state index contributed by atoms with van der Waals surface area (Å²) in [7, 11) is 0. The zero-order valence-electron chi connectivity index (χ0n) is 13.3. The van der Waals surface area contributed by atoms with Gasteiger partial charge in [-0.3, -0.25) is 9.59 Å². The molecule has 0 aromatic heterocycles. The number of amides is 2. The van der Waals surface area contributed by atoms with Gasteiger partial charge in [0.15, 0.2) is 0 Å². The third-order valence-electron chi connectivity index (χ3n) is 3.11. The number of carbonyl (C=O) groups is 2. The zero-order valence-corrected chi connectivity index (χ0v) is 14.2. The predicted molar refractivity (Wildman–Crippen MR) is 100 cm³/mol. The Bertz CT molecular complexity index is 764. The molecule has 24 heavy (non-hydrogen) atoms. The topological polar surface area (TPSA) is 58.2 Å². The number of carbonyl (C=O) groups excluding carboxylic acids is 2. The molecule has 2 rings (SSSR count). The maximum Gasteiger partial charge on any atom is 0.234 e. The quantitative estimate of drug-likeness (QED) is 0.795. The molecule has 0 radical (unpaired) electrons. The summed E-state index contributed by atoms with van der Waals surface area (Å²) < 4.78 is 0. The van der Waals surface area contributed by atoms with E-state index in [0.717, 1.165) is 11.3 Å². The van der Waals surface area contributed by atoms with Crippen LogP contribution in [-0.2, 0) is 9.59 Å². The third kappa shape index (κ3) is 5.82. The van der Waals surface area contributed by atoms with Crippen LogP contribution in [0.4, 0.5) is 11.4 Å². The molecule has 0 aliphatic heterocycles. The Balaban J connectivity index is 1.73. The van der Waals surface area contributed by atoms with Crippen LogP contribution >= 0.6 is 11.8 Å². The molecule has 2 aromatic carbocycles. The van der Waals surface area contributed by atoms with Gasteiger partial charge in [-0.1, -0.05) is 29.7 Å². The van der Waals surface area contributed by atoms with Crippen LogP contribution in [0.1, 0.15) is 11.1 Å². The zero-order chi connectivity index (χ0) is 17.4. The van der Waals surface area contributed by atoms with Crippen molar-refractivity contribution in [2.24, 2.45) is 0 Å². The number of rotatable bonds is 6. The Hall–Kier alpha value is -2.71. The van der Waals surface area contributed by atoms with Crippen LogP contribution in [0.25, 0.3) is 0 Å². The van der Waals surface area contributed by atoms with Crippen LogP contribution in [-0.4, -0.2) is 23.3 Å². The SMILES string of the molecule is C#Cc1cccc(NC(=O)CSCC(=O)Nc2ccc(C)cc2)c1. The van der Waals surface area contributed by atoms with Crippen molar-refractivity contribution in [2.75, 3.05) is 22.1 Å². The fraction of sp³-hybridized carbons (Fsp3) is 0.158. The number of terminal acetylenes is 1. The number of benzene rings is 2. The van der Waals surface area contributed by atoms with Crippen LogP contribution in [0.3, 0.4) is 0 Å². The average molecular weight is 338 g/mol. The highest BCUT2D eigenvalue weighted by molar-refractivity contribution is 8.00. The van der Waals surface area contributed by atoms with Crippen molar-refractivity contribution in [2.45, 2.75) is 6.92 Å². The Morgan fingerprint density at radius 3 is 2.25 bits per heavy atom. The van der Waals surface area contributed by atoms with Gasteiger partial charge in [-0.05, 0) is 37.3 Å². The van der Waals surface area contributed by atoms with E-state index < -0.39 is 0 Å². The molecule has 4 nitrogen and oxygen atoms in total. The molecule has 2 amide bonds. The molecule has 0 unspecified atom stereocenters. The minimum Gasteiger partial charge on any atom is -0.325 e. The molecule has 0 aliphatic carbocycles. The van der Waals surface area contributed by atoms with Crippen LogP contribution in [0.5, 0.6) is 0 Å². The molecule has 0 heterocycles. The summed E-state index contributed by atoms with van der Waals surface area (Å²) in [5.41, 5.74) is 3.24. The van der Waals surface area contributed by atoms with Crippen LogP contribution < -0.4 is 10.6 Å². The summed E-state index contributed by atoms with van der Waals surface area (Å²) in [6.45, 7) is 1.99. The molecule has 0 bridgehead atoms. The van der Waals surface area contributed by atoms with Gasteiger partial charge in [-0.25, -0.2) is 0 Å². The molecule has 122 valence electrons. The predicted octanol–water partition coefficient (Wildman–Crippen LogP) is 3.29. The van der Waals surface area contributed by atoms with Gasteiger partial charge in [0.1, 0.15) is 0 Å². The monoisotopic (exact) mass is 338 g/mol. The van der Waals surface area contributed by atoms with E-state index in [1.165, 1.54) is 11.8 Å². The minimum atomic E-state index is -0.169. The van der Waals surface area contributed by atoms with Gasteiger partial charge in [0.05, 0.1) is 11.5 Å². The Kier molecular flexibility index (Phi) is 6.47. The van der Waals surface area contributed by atoms with Gasteiger partial charge in [0, 0.05) is 16.9 Å². The summed E-state index contributed by atoms with van der Waals surface area (Å²) >= 11 is 1.26. The van der Waals surface area contributed by atoms with Crippen LogP contribution in [0.15, 0.2) is 48.5 Å². The summed E-state index contributed by atoms with van der Waals surface area (Å²) in [6.07, 6.45) is 5.32. The highest BCUT2D eigenvalue weighted by Gasteiger charge is 2.07. The van der Waals surface area contributed by atoms with Crippen molar-refractivity contribution in [3.8, 4) is 12.3 Å². The van der Waals surface area contributed by atoms with E-state index >= 15 is 0 Å². The third-order valence-corrected chi connectivity index (χ3v) is 4.05. The molecule has 5 heteroatoms. The number of anilines is 2. The number of thioether (sulfide) groups is 1. The van der Waals surface area contributed by atoms with Gasteiger partial charge in [0.25, 0.3) is 0 Å². The largest absolute Gasteiger partial charge is 0.325 e. The lowest BCUT2D eigenvalue weighted by Crippen LogP contribution is -2.18. The van der Waals surface area contributed by atoms with E-state index in [9.17, 15) is 9.59 Å². The van der Waals surface area contributed by atoms with Crippen molar-refractivity contribution in [3.05, 3.63) is 59.7 Å². The van der Waals surface area contributed by atoms with E-state index in [0.29, 0.717) is 11.3 Å². The maximum absolute atomic E-state index is 11.9. The van der Waals surface area contributed by atoms with Gasteiger partial charge >= 0.3 is 0 Å². The first-order valence-electron chi connectivity index (χ1n) is 7.37. The fourth-order valence-electron chi connectivity index (χ4n) is 1.95. The van der Waals surface area contributed by atoms with E-state index in [4.69, 9.17) is 6.42 Å². The first-order chi connectivity index (χ1) is 11.6. The average Bonchev–Trinajstić information content (AvgIpc) is 2.57. The highest BCUT2D eigenvalue weighted by atomic mass is 32.2. The van der Waals surface area contributed by atoms with Gasteiger partial charge < -0.3 is 10.6 Å². The lowest BCUT2D eigenvalue weighted by Gasteiger charge is -2.07. The normalized spacial score (nSPS) is 9.83. The standard InChI is InChI=1S/C19H18N2O2S/c1-3-15-5-4-6-17(11-15)21-19(23)13-24-12-18(22)20-16-9-7-14(2)8-10-16/h1,4-11H,12-13H2,2H3,(H,20,22)(H,21,23). The highest BCUT2D eigenvalue weighted by Crippen LogP contribution is 2.12. The van der Waals surface area contributed by atoms with E-state index in [-0.39, 0.29) is 23.3 Å². The van der Waals surface area contributed by atoms with Gasteiger partial charge in [-0.15, -0.1) is 18.2 Å². The fourth-order valence-corrected chi connectivity index (χ4v) is 2.57. The number of hydrogen-bond acceptors (Lipinski definition) is 3. The van der Waals surface area contributed by atoms with Gasteiger partial charge in [0.2, 0.25) is 11.8 Å². The van der Waals surface area contributed by atoms with E-state index in [1.54, 1.807) is 24.3 Å². The molecule has 2 N–H and O–H groups in total. The van der Waals surface area contributed by atoms with Gasteiger partial charge in [-0.2, -0.15) is 0 Å². The van der Waals surface area contributed by atoms with Crippen molar-refractivity contribution < 1.29 is 9.59 Å². The van der Waals surface area contributed by atoms with E-state index in [2.05, 4.69) is 16.6 Å². The Morgan fingerprint density at radius 1 is 1.00 bits per heavy atom. The second-order valence-electron chi connectivity index (χ2n) is 5.18. The molecule has 0 saturated heterocycles. The number of hydrogen-bond donors (Lipinski definition) is 2. The lowest BCUT2D eigenvalue weighted by molar-refractivity contribution is -0.114. The number of nitrogens with one attached hydrogen (secondary N) is 2. The molecule has 0 spiro atoms. The number of aryl methyl sites for hydroxylation is 1. The molecule has 0 fully saturated rings. The van der Waals surface area contributed by atoms with Crippen LogP contribution in [0, 0.1) is 19.3 Å². The second-order valence-corrected chi connectivity index (χ2v) is 6.17. The van der Waals surface area contributed by atoms with E-state index in [1.807, 2.05) is 31.2 Å². The Labute approximate surface area is 146 Å². The van der Waals surface area contributed by atoms with Crippen molar-refractivity contribution >= 4 is 35.0 Å². The molecule has 2 aromatic rings.